The van der Waals surface area contributed by atoms with Crippen LogP contribution in [0.15, 0.2) is 24.3 Å². The molecule has 1 amide bonds. The molecule has 0 aliphatic carbocycles. The SMILES string of the molecule is CC(NC(=O)CN1CCCC1CN)c1ccccc1Cl. The van der Waals surface area contributed by atoms with Gasteiger partial charge in [0.2, 0.25) is 5.91 Å². The molecule has 2 rings (SSSR count). The van der Waals surface area contributed by atoms with E-state index >= 15 is 0 Å². The van der Waals surface area contributed by atoms with Crippen LogP contribution in [-0.4, -0.2) is 36.5 Å². The number of hydrogen-bond acceptors (Lipinski definition) is 3. The second kappa shape index (κ2) is 7.07. The van der Waals surface area contributed by atoms with Gasteiger partial charge in [-0.15, -0.1) is 0 Å². The predicted octanol–water partition coefficient (Wildman–Crippen LogP) is 1.94. The topological polar surface area (TPSA) is 58.4 Å². The third kappa shape index (κ3) is 3.72. The molecule has 3 N–H and O–H groups in total. The van der Waals surface area contributed by atoms with E-state index in [9.17, 15) is 4.79 Å². The van der Waals surface area contributed by atoms with Crippen molar-refractivity contribution in [3.63, 3.8) is 0 Å². The summed E-state index contributed by atoms with van der Waals surface area (Å²) in [6.45, 7) is 3.93. The van der Waals surface area contributed by atoms with E-state index < -0.39 is 0 Å². The van der Waals surface area contributed by atoms with Gasteiger partial charge in [0.25, 0.3) is 0 Å². The zero-order valence-corrected chi connectivity index (χ0v) is 12.6. The maximum absolute atomic E-state index is 12.1. The summed E-state index contributed by atoms with van der Waals surface area (Å²) in [6.07, 6.45) is 2.21. The zero-order valence-electron chi connectivity index (χ0n) is 11.8. The summed E-state index contributed by atoms with van der Waals surface area (Å²) in [5.41, 5.74) is 6.67. The molecule has 110 valence electrons. The molecular formula is C15H22ClN3O. The van der Waals surface area contributed by atoms with E-state index in [0.717, 1.165) is 24.9 Å². The number of hydrogen-bond donors (Lipinski definition) is 2. The Morgan fingerprint density at radius 2 is 2.30 bits per heavy atom. The number of nitrogens with two attached hydrogens (primary N) is 1. The van der Waals surface area contributed by atoms with Crippen molar-refractivity contribution in [1.29, 1.82) is 0 Å². The van der Waals surface area contributed by atoms with Crippen molar-refractivity contribution in [3.05, 3.63) is 34.9 Å². The Labute approximate surface area is 125 Å². The minimum absolute atomic E-state index is 0.0257. The molecule has 1 aliphatic heterocycles. The maximum Gasteiger partial charge on any atom is 0.234 e. The molecule has 1 aromatic rings. The molecule has 2 atom stereocenters. The molecule has 0 bridgehead atoms. The van der Waals surface area contributed by atoms with Gasteiger partial charge in [-0.3, -0.25) is 9.69 Å². The Hall–Kier alpha value is -1.10. The lowest BCUT2D eigenvalue weighted by Gasteiger charge is -2.24. The lowest BCUT2D eigenvalue weighted by Crippen LogP contribution is -2.43. The quantitative estimate of drug-likeness (QED) is 0.873. The molecule has 1 aromatic carbocycles. The monoisotopic (exact) mass is 295 g/mol. The van der Waals surface area contributed by atoms with Gasteiger partial charge in [0.15, 0.2) is 0 Å². The first-order valence-corrected chi connectivity index (χ1v) is 7.47. The van der Waals surface area contributed by atoms with Gasteiger partial charge in [0.1, 0.15) is 0 Å². The van der Waals surface area contributed by atoms with E-state index in [1.54, 1.807) is 0 Å². The third-order valence-corrected chi connectivity index (χ3v) is 4.21. The van der Waals surface area contributed by atoms with Crippen molar-refractivity contribution in [1.82, 2.24) is 10.2 Å². The largest absolute Gasteiger partial charge is 0.348 e. The van der Waals surface area contributed by atoms with Crippen LogP contribution in [0.25, 0.3) is 0 Å². The fourth-order valence-electron chi connectivity index (χ4n) is 2.75. The number of nitrogens with zero attached hydrogens (tertiary/aromatic N) is 1. The van der Waals surface area contributed by atoms with E-state index in [-0.39, 0.29) is 11.9 Å². The maximum atomic E-state index is 12.1. The summed E-state index contributed by atoms with van der Waals surface area (Å²) in [7, 11) is 0. The minimum atomic E-state index is -0.0878. The van der Waals surface area contributed by atoms with Crippen LogP contribution in [-0.2, 0) is 4.79 Å². The van der Waals surface area contributed by atoms with Crippen LogP contribution < -0.4 is 11.1 Å². The summed E-state index contributed by atoms with van der Waals surface area (Å²) < 4.78 is 0. The minimum Gasteiger partial charge on any atom is -0.348 e. The fraction of sp³-hybridized carbons (Fsp3) is 0.533. The number of rotatable bonds is 5. The van der Waals surface area contributed by atoms with Gasteiger partial charge < -0.3 is 11.1 Å². The molecule has 5 heteroatoms. The van der Waals surface area contributed by atoms with Crippen molar-refractivity contribution >= 4 is 17.5 Å². The van der Waals surface area contributed by atoms with Crippen LogP contribution in [0, 0.1) is 0 Å². The van der Waals surface area contributed by atoms with Crippen LogP contribution in [0.3, 0.4) is 0 Å². The zero-order chi connectivity index (χ0) is 14.5. The second-order valence-corrected chi connectivity index (χ2v) is 5.72. The number of halogens is 1. The molecule has 0 spiro atoms. The van der Waals surface area contributed by atoms with Gasteiger partial charge in [0, 0.05) is 17.6 Å². The Bertz CT molecular complexity index is 466. The van der Waals surface area contributed by atoms with Crippen LogP contribution in [0.4, 0.5) is 0 Å². The molecule has 20 heavy (non-hydrogen) atoms. The third-order valence-electron chi connectivity index (χ3n) is 3.87. The summed E-state index contributed by atoms with van der Waals surface area (Å²) >= 11 is 6.14. The molecule has 1 heterocycles. The summed E-state index contributed by atoms with van der Waals surface area (Å²) in [5, 5.41) is 3.68. The standard InChI is InChI=1S/C15H22ClN3O/c1-11(13-6-2-3-7-14(13)16)18-15(20)10-19-8-4-5-12(19)9-17/h2-3,6-7,11-12H,4-5,8-10,17H2,1H3,(H,18,20). The number of carbonyl (C=O) groups excluding carboxylic acids is 1. The lowest BCUT2D eigenvalue weighted by molar-refractivity contribution is -0.123. The van der Waals surface area contributed by atoms with Crippen molar-refractivity contribution in [2.45, 2.75) is 31.8 Å². The Morgan fingerprint density at radius 1 is 1.55 bits per heavy atom. The first-order valence-electron chi connectivity index (χ1n) is 7.09. The van der Waals surface area contributed by atoms with Gasteiger partial charge >= 0.3 is 0 Å². The van der Waals surface area contributed by atoms with Gasteiger partial charge in [-0.1, -0.05) is 29.8 Å². The number of carbonyl (C=O) groups is 1. The van der Waals surface area contributed by atoms with Crippen molar-refractivity contribution < 1.29 is 4.79 Å². The first-order chi connectivity index (χ1) is 9.61. The van der Waals surface area contributed by atoms with Gasteiger partial charge in [-0.25, -0.2) is 0 Å². The highest BCUT2D eigenvalue weighted by Gasteiger charge is 2.25. The average molecular weight is 296 g/mol. The summed E-state index contributed by atoms with van der Waals surface area (Å²) in [5.74, 6) is 0.0257. The van der Waals surface area contributed by atoms with Crippen molar-refractivity contribution in [2.75, 3.05) is 19.6 Å². The van der Waals surface area contributed by atoms with Crippen LogP contribution >= 0.6 is 11.6 Å². The molecular weight excluding hydrogens is 274 g/mol. The number of likely N-dealkylation sites (tertiary alicyclic amines) is 1. The van der Waals surface area contributed by atoms with Crippen LogP contribution in [0.1, 0.15) is 31.4 Å². The van der Waals surface area contributed by atoms with E-state index in [4.69, 9.17) is 17.3 Å². The fourth-order valence-corrected chi connectivity index (χ4v) is 3.05. The number of amides is 1. The van der Waals surface area contributed by atoms with Crippen molar-refractivity contribution in [2.24, 2.45) is 5.73 Å². The lowest BCUT2D eigenvalue weighted by atomic mass is 10.1. The predicted molar refractivity (Wildman–Crippen MR) is 81.7 cm³/mol. The molecule has 0 radical (unpaired) electrons. The van der Waals surface area contributed by atoms with Gasteiger partial charge in [-0.2, -0.15) is 0 Å². The summed E-state index contributed by atoms with van der Waals surface area (Å²) in [4.78, 5) is 14.3. The van der Waals surface area contributed by atoms with Crippen molar-refractivity contribution in [3.8, 4) is 0 Å². The first kappa shape index (κ1) is 15.3. The highest BCUT2D eigenvalue weighted by Crippen LogP contribution is 2.22. The van der Waals surface area contributed by atoms with E-state index in [2.05, 4.69) is 10.2 Å². The molecule has 4 nitrogen and oxygen atoms in total. The number of benzene rings is 1. The normalized spacial score (nSPS) is 20.9. The van der Waals surface area contributed by atoms with Gasteiger partial charge in [-0.05, 0) is 37.9 Å². The molecule has 1 fully saturated rings. The molecule has 0 aromatic heterocycles. The molecule has 0 saturated carbocycles. The van der Waals surface area contributed by atoms with E-state index in [0.29, 0.717) is 24.2 Å². The Balaban J connectivity index is 1.90. The van der Waals surface area contributed by atoms with E-state index in [1.165, 1.54) is 0 Å². The van der Waals surface area contributed by atoms with Crippen LogP contribution in [0.5, 0.6) is 0 Å². The highest BCUT2D eigenvalue weighted by molar-refractivity contribution is 6.31. The number of nitrogens with one attached hydrogen (secondary N) is 1. The molecule has 1 aliphatic rings. The molecule has 1 saturated heterocycles. The smallest absolute Gasteiger partial charge is 0.234 e. The Morgan fingerprint density at radius 3 is 3.00 bits per heavy atom. The van der Waals surface area contributed by atoms with E-state index in [1.807, 2.05) is 31.2 Å². The second-order valence-electron chi connectivity index (χ2n) is 5.31. The summed E-state index contributed by atoms with van der Waals surface area (Å²) in [6, 6.07) is 7.84. The van der Waals surface area contributed by atoms with Crippen LogP contribution in [0.2, 0.25) is 5.02 Å². The Kier molecular flexibility index (Phi) is 5.40. The molecule has 2 unspecified atom stereocenters. The highest BCUT2D eigenvalue weighted by atomic mass is 35.5. The van der Waals surface area contributed by atoms with Gasteiger partial charge in [0.05, 0.1) is 12.6 Å². The average Bonchev–Trinajstić information content (AvgIpc) is 2.86.